The van der Waals surface area contributed by atoms with Crippen LogP contribution in [0.15, 0.2) is 48.8 Å². The Labute approximate surface area is 206 Å². The molecule has 1 fully saturated rings. The number of carbonyl (C=O) groups excluding carboxylic acids is 1. The lowest BCUT2D eigenvalue weighted by atomic mass is 10.1. The Balaban J connectivity index is 1.48. The zero-order valence-electron chi connectivity index (χ0n) is 20.3. The van der Waals surface area contributed by atoms with E-state index in [4.69, 9.17) is 4.74 Å². The number of rotatable bonds is 1. The Bertz CT molecular complexity index is 1210. The number of anilines is 4. The van der Waals surface area contributed by atoms with Gasteiger partial charge in [-0.1, -0.05) is 6.07 Å². The summed E-state index contributed by atoms with van der Waals surface area (Å²) in [4.78, 5) is 24.1. The smallest absolute Gasteiger partial charge is 0.237 e. The number of methoxy groups -OCH3 is 1. The molecule has 182 valence electrons. The van der Waals surface area contributed by atoms with Gasteiger partial charge in [-0.05, 0) is 86.2 Å². The highest BCUT2D eigenvalue weighted by molar-refractivity contribution is 5.82. The first-order valence-corrected chi connectivity index (χ1v) is 12.2. The van der Waals surface area contributed by atoms with Gasteiger partial charge in [0.25, 0.3) is 0 Å². The predicted molar refractivity (Wildman–Crippen MR) is 138 cm³/mol. The van der Waals surface area contributed by atoms with Gasteiger partial charge in [-0.15, -0.1) is 0 Å². The first-order valence-electron chi connectivity index (χ1n) is 12.2. The van der Waals surface area contributed by atoms with Crippen LogP contribution in [0.2, 0.25) is 0 Å². The van der Waals surface area contributed by atoms with Crippen LogP contribution in [-0.4, -0.2) is 47.0 Å². The summed E-state index contributed by atoms with van der Waals surface area (Å²) < 4.78 is 5.57. The third-order valence-corrected chi connectivity index (χ3v) is 6.80. The van der Waals surface area contributed by atoms with Crippen molar-refractivity contribution in [3.63, 3.8) is 0 Å². The number of hydrogen-bond acceptors (Lipinski definition) is 7. The van der Waals surface area contributed by atoms with E-state index in [9.17, 15) is 4.79 Å². The number of ether oxygens (including phenoxy) is 1. The fourth-order valence-corrected chi connectivity index (χ4v) is 4.90. The number of benzene rings is 2. The van der Waals surface area contributed by atoms with Crippen LogP contribution in [0, 0.1) is 6.92 Å². The fourth-order valence-electron chi connectivity index (χ4n) is 4.90. The first-order chi connectivity index (χ1) is 17.1. The zero-order chi connectivity index (χ0) is 24.2. The highest BCUT2D eigenvalue weighted by Gasteiger charge is 2.30. The van der Waals surface area contributed by atoms with E-state index in [1.165, 1.54) is 11.1 Å². The van der Waals surface area contributed by atoms with Crippen molar-refractivity contribution in [2.45, 2.75) is 45.2 Å². The summed E-state index contributed by atoms with van der Waals surface area (Å²) in [6.45, 7) is 4.44. The molecule has 8 heteroatoms. The molecule has 0 aliphatic carbocycles. The van der Waals surface area contributed by atoms with Crippen molar-refractivity contribution >= 4 is 28.9 Å². The highest BCUT2D eigenvalue weighted by atomic mass is 16.5. The molecule has 3 aromatic rings. The SMILES string of the molecule is COc1ccc2cc1CCCNC(=O)C1CCCN1Cc1cc(ccc1C)Nc1cc(ncn1)N2. The largest absolute Gasteiger partial charge is 0.496 e. The molecule has 2 aliphatic rings. The molecule has 6 bridgehead atoms. The predicted octanol–water partition coefficient (Wildman–Crippen LogP) is 4.31. The molecule has 1 atom stereocenters. The maximum absolute atomic E-state index is 13.0. The van der Waals surface area contributed by atoms with E-state index >= 15 is 0 Å². The molecule has 1 aromatic heterocycles. The molecule has 2 aliphatic heterocycles. The third-order valence-electron chi connectivity index (χ3n) is 6.80. The van der Waals surface area contributed by atoms with E-state index in [-0.39, 0.29) is 11.9 Å². The average molecular weight is 473 g/mol. The third kappa shape index (κ3) is 5.38. The van der Waals surface area contributed by atoms with E-state index in [1.807, 2.05) is 18.2 Å². The lowest BCUT2D eigenvalue weighted by molar-refractivity contribution is -0.125. The van der Waals surface area contributed by atoms with Gasteiger partial charge in [-0.25, -0.2) is 9.97 Å². The molecule has 8 nitrogen and oxygen atoms in total. The van der Waals surface area contributed by atoms with Gasteiger partial charge < -0.3 is 20.7 Å². The quantitative estimate of drug-likeness (QED) is 0.486. The molecule has 0 radical (unpaired) electrons. The van der Waals surface area contributed by atoms with Crippen molar-refractivity contribution < 1.29 is 9.53 Å². The van der Waals surface area contributed by atoms with Crippen LogP contribution in [0.1, 0.15) is 36.0 Å². The first kappa shape index (κ1) is 23.1. The Hall–Kier alpha value is -3.65. The number of carbonyl (C=O) groups is 1. The lowest BCUT2D eigenvalue weighted by Gasteiger charge is -2.25. The summed E-state index contributed by atoms with van der Waals surface area (Å²) in [5.41, 5.74) is 5.40. The van der Waals surface area contributed by atoms with Gasteiger partial charge >= 0.3 is 0 Å². The molecule has 0 spiro atoms. The average Bonchev–Trinajstić information content (AvgIpc) is 3.32. The number of amides is 1. The van der Waals surface area contributed by atoms with Crippen molar-refractivity contribution in [2.24, 2.45) is 0 Å². The second-order valence-corrected chi connectivity index (χ2v) is 9.23. The molecule has 1 amide bonds. The Morgan fingerprint density at radius 1 is 0.971 bits per heavy atom. The van der Waals surface area contributed by atoms with Crippen molar-refractivity contribution in [3.05, 3.63) is 65.5 Å². The summed E-state index contributed by atoms with van der Waals surface area (Å²) in [5.74, 6) is 2.38. The second kappa shape index (κ2) is 10.3. The van der Waals surface area contributed by atoms with Gasteiger partial charge in [0.1, 0.15) is 23.7 Å². The van der Waals surface area contributed by atoms with Gasteiger partial charge in [0.2, 0.25) is 5.91 Å². The van der Waals surface area contributed by atoms with Crippen molar-refractivity contribution in [3.8, 4) is 5.75 Å². The Kier molecular flexibility index (Phi) is 6.81. The maximum atomic E-state index is 13.0. The molecule has 35 heavy (non-hydrogen) atoms. The van der Waals surface area contributed by atoms with Gasteiger partial charge in [0.05, 0.1) is 13.2 Å². The van der Waals surface area contributed by atoms with Crippen LogP contribution in [-0.2, 0) is 17.8 Å². The highest BCUT2D eigenvalue weighted by Crippen LogP contribution is 2.28. The zero-order valence-corrected chi connectivity index (χ0v) is 20.3. The van der Waals surface area contributed by atoms with Crippen LogP contribution in [0.4, 0.5) is 23.0 Å². The molecule has 2 aromatic carbocycles. The molecule has 3 N–H and O–H groups in total. The monoisotopic (exact) mass is 472 g/mol. The van der Waals surface area contributed by atoms with Gasteiger partial charge in [-0.3, -0.25) is 9.69 Å². The fraction of sp³-hybridized carbons (Fsp3) is 0.370. The molecule has 0 saturated carbocycles. The van der Waals surface area contributed by atoms with Crippen LogP contribution in [0.25, 0.3) is 0 Å². The molecule has 5 rings (SSSR count). The minimum atomic E-state index is -0.0837. The summed E-state index contributed by atoms with van der Waals surface area (Å²) in [6.07, 6.45) is 5.12. The number of fused-ring (bicyclic) bond motifs is 7. The number of aromatic nitrogens is 2. The van der Waals surface area contributed by atoms with E-state index in [1.54, 1.807) is 13.4 Å². The van der Waals surface area contributed by atoms with E-state index in [0.717, 1.165) is 61.5 Å². The van der Waals surface area contributed by atoms with Crippen LogP contribution < -0.4 is 20.7 Å². The van der Waals surface area contributed by atoms with Crippen LogP contribution in [0.5, 0.6) is 5.75 Å². The lowest BCUT2D eigenvalue weighted by Crippen LogP contribution is -2.43. The summed E-state index contributed by atoms with van der Waals surface area (Å²) >= 11 is 0. The maximum Gasteiger partial charge on any atom is 0.237 e. The number of aryl methyl sites for hydroxylation is 2. The molecule has 3 heterocycles. The second-order valence-electron chi connectivity index (χ2n) is 9.23. The van der Waals surface area contributed by atoms with E-state index < -0.39 is 0 Å². The molecular formula is C27H32N6O2. The van der Waals surface area contributed by atoms with E-state index in [0.29, 0.717) is 18.2 Å². The Morgan fingerprint density at radius 2 is 1.71 bits per heavy atom. The van der Waals surface area contributed by atoms with Crippen molar-refractivity contribution in [2.75, 3.05) is 30.8 Å². The number of nitrogens with one attached hydrogen (secondary N) is 3. The summed E-state index contributed by atoms with van der Waals surface area (Å²) in [5, 5.41) is 9.96. The van der Waals surface area contributed by atoms with Crippen molar-refractivity contribution in [1.82, 2.24) is 20.2 Å². The van der Waals surface area contributed by atoms with E-state index in [2.05, 4.69) is 62.0 Å². The van der Waals surface area contributed by atoms with Gasteiger partial charge in [0, 0.05) is 30.5 Å². The minimum Gasteiger partial charge on any atom is -0.496 e. The molecule has 1 saturated heterocycles. The molecule has 1 unspecified atom stereocenters. The normalized spacial score (nSPS) is 18.7. The van der Waals surface area contributed by atoms with Crippen LogP contribution in [0.3, 0.4) is 0 Å². The number of hydrogen-bond donors (Lipinski definition) is 3. The molecular weight excluding hydrogens is 440 g/mol. The minimum absolute atomic E-state index is 0.0837. The van der Waals surface area contributed by atoms with Gasteiger partial charge in [-0.2, -0.15) is 0 Å². The summed E-state index contributed by atoms with van der Waals surface area (Å²) in [7, 11) is 1.68. The summed E-state index contributed by atoms with van der Waals surface area (Å²) in [6, 6.07) is 14.2. The number of nitrogens with zero attached hydrogens (tertiary/aromatic N) is 3. The van der Waals surface area contributed by atoms with Gasteiger partial charge in [0.15, 0.2) is 0 Å². The Morgan fingerprint density at radius 3 is 2.49 bits per heavy atom. The topological polar surface area (TPSA) is 91.4 Å². The van der Waals surface area contributed by atoms with Crippen LogP contribution >= 0.6 is 0 Å². The van der Waals surface area contributed by atoms with Crippen molar-refractivity contribution in [1.29, 1.82) is 0 Å². The standard InChI is InChI=1S/C27H32N6O2/c1-18-7-8-21-14-20(18)16-33-12-4-6-23(33)27(34)28-11-3-5-19-13-22(9-10-24(19)35-2)32-26-15-25(31-21)29-17-30-26/h7-10,13-15,17,23H,3-6,11-12,16H2,1-2H3,(H,28,34)(H2,29,30,31,32).